The van der Waals surface area contributed by atoms with Gasteiger partial charge in [0.1, 0.15) is 5.75 Å². The monoisotopic (exact) mass is 453 g/mol. The van der Waals surface area contributed by atoms with Gasteiger partial charge in [-0.3, -0.25) is 4.79 Å². The summed E-state index contributed by atoms with van der Waals surface area (Å²) < 4.78 is 5.40. The predicted molar refractivity (Wildman–Crippen MR) is 127 cm³/mol. The molecule has 0 fully saturated rings. The minimum absolute atomic E-state index is 0.0393. The molecule has 0 radical (unpaired) electrons. The fraction of sp³-hybridized carbons (Fsp3) is 0.208. The Labute approximate surface area is 191 Å². The van der Waals surface area contributed by atoms with Crippen LogP contribution in [0.1, 0.15) is 17.5 Å². The third-order valence-electron chi connectivity index (χ3n) is 5.23. The van der Waals surface area contributed by atoms with Crippen LogP contribution in [0.4, 0.5) is 11.4 Å². The van der Waals surface area contributed by atoms with Gasteiger partial charge in [0.15, 0.2) is 5.50 Å². The van der Waals surface area contributed by atoms with Crippen molar-refractivity contribution in [1.29, 1.82) is 0 Å². The van der Waals surface area contributed by atoms with Crippen LogP contribution in [0.25, 0.3) is 0 Å². The zero-order chi connectivity index (χ0) is 21.8. The number of nitrogens with two attached hydrogens (primary N) is 1. The Kier molecular flexibility index (Phi) is 6.70. The standard InChI is InChI=1S/C24H24ClN3O2S/c1-30-20-11-4-2-7-16(20)13-14-22(29)27-24-28(19-10-3-5-12-21(19)31-24)23-17(15-26)8-6-9-18(23)25/h2-12,24H,13-15,26H2,1H3,(H,27,29). The predicted octanol–water partition coefficient (Wildman–Crippen LogP) is 5.08. The van der Waals surface area contributed by atoms with Gasteiger partial charge in [-0.05, 0) is 41.8 Å². The van der Waals surface area contributed by atoms with Crippen molar-refractivity contribution in [2.45, 2.75) is 29.8 Å². The number of nitrogens with one attached hydrogen (secondary N) is 1. The van der Waals surface area contributed by atoms with E-state index in [2.05, 4.69) is 10.2 Å². The number of nitrogens with zero attached hydrogens (tertiary/aromatic N) is 1. The van der Waals surface area contributed by atoms with Gasteiger partial charge in [-0.1, -0.05) is 65.8 Å². The Balaban J connectivity index is 1.57. The van der Waals surface area contributed by atoms with Crippen molar-refractivity contribution in [3.05, 3.63) is 82.9 Å². The Morgan fingerprint density at radius 3 is 2.65 bits per heavy atom. The molecule has 0 aliphatic carbocycles. The van der Waals surface area contributed by atoms with E-state index < -0.39 is 0 Å². The molecule has 3 aromatic rings. The highest BCUT2D eigenvalue weighted by atomic mass is 35.5. The molecule has 31 heavy (non-hydrogen) atoms. The molecule has 5 nitrogen and oxygen atoms in total. The maximum Gasteiger partial charge on any atom is 0.222 e. The van der Waals surface area contributed by atoms with Crippen molar-refractivity contribution in [3.63, 3.8) is 0 Å². The first-order valence-corrected chi connectivity index (χ1v) is 11.3. The second-order valence-corrected chi connectivity index (χ2v) is 8.67. The van der Waals surface area contributed by atoms with E-state index in [-0.39, 0.29) is 11.4 Å². The molecule has 3 aromatic carbocycles. The van der Waals surface area contributed by atoms with Gasteiger partial charge in [-0.25, -0.2) is 0 Å². The van der Waals surface area contributed by atoms with E-state index in [0.29, 0.717) is 24.4 Å². The molecule has 1 unspecified atom stereocenters. The van der Waals surface area contributed by atoms with Crippen molar-refractivity contribution in [1.82, 2.24) is 5.32 Å². The number of para-hydroxylation sites is 3. The zero-order valence-electron chi connectivity index (χ0n) is 17.2. The second-order valence-electron chi connectivity index (χ2n) is 7.14. The van der Waals surface area contributed by atoms with Crippen LogP contribution in [0.2, 0.25) is 5.02 Å². The average molecular weight is 454 g/mol. The molecular weight excluding hydrogens is 430 g/mol. The number of fused-ring (bicyclic) bond motifs is 1. The Hall–Kier alpha value is -2.67. The molecular formula is C24H24ClN3O2S. The number of hydrogen-bond donors (Lipinski definition) is 2. The lowest BCUT2D eigenvalue weighted by atomic mass is 10.1. The van der Waals surface area contributed by atoms with Crippen molar-refractivity contribution in [2.75, 3.05) is 12.0 Å². The maximum atomic E-state index is 12.9. The number of methoxy groups -OCH3 is 1. The molecule has 0 saturated heterocycles. The zero-order valence-corrected chi connectivity index (χ0v) is 18.7. The number of aryl methyl sites for hydroxylation is 1. The fourth-order valence-corrected chi connectivity index (χ4v) is 5.23. The first-order valence-electron chi connectivity index (χ1n) is 10.1. The van der Waals surface area contributed by atoms with Crippen molar-refractivity contribution < 1.29 is 9.53 Å². The molecule has 160 valence electrons. The molecule has 3 N–H and O–H groups in total. The molecule has 4 rings (SSSR count). The number of hydrogen-bond acceptors (Lipinski definition) is 5. The molecule has 1 atom stereocenters. The van der Waals surface area contributed by atoms with Crippen LogP contribution in [0.5, 0.6) is 5.75 Å². The van der Waals surface area contributed by atoms with E-state index in [4.69, 9.17) is 22.1 Å². The van der Waals surface area contributed by atoms with Gasteiger partial charge in [-0.2, -0.15) is 0 Å². The van der Waals surface area contributed by atoms with Crippen molar-refractivity contribution in [3.8, 4) is 5.75 Å². The molecule has 1 heterocycles. The van der Waals surface area contributed by atoms with E-state index in [1.807, 2.05) is 66.7 Å². The van der Waals surface area contributed by atoms with E-state index in [0.717, 1.165) is 33.1 Å². The highest BCUT2D eigenvalue weighted by molar-refractivity contribution is 8.00. The normalized spacial score (nSPS) is 14.9. The Morgan fingerprint density at radius 2 is 1.84 bits per heavy atom. The molecule has 1 amide bonds. The van der Waals surface area contributed by atoms with E-state index in [1.165, 1.54) is 0 Å². The van der Waals surface area contributed by atoms with E-state index >= 15 is 0 Å². The number of benzene rings is 3. The third kappa shape index (κ3) is 4.51. The van der Waals surface area contributed by atoms with Crippen LogP contribution in [0, 0.1) is 0 Å². The number of anilines is 2. The quantitative estimate of drug-likeness (QED) is 0.522. The van der Waals surface area contributed by atoms with Crippen LogP contribution >= 0.6 is 23.4 Å². The van der Waals surface area contributed by atoms with Gasteiger partial charge in [0.05, 0.1) is 23.5 Å². The van der Waals surface area contributed by atoms with Crippen molar-refractivity contribution >= 4 is 40.6 Å². The van der Waals surface area contributed by atoms with Gasteiger partial charge in [0.25, 0.3) is 0 Å². The molecule has 0 bridgehead atoms. The lowest BCUT2D eigenvalue weighted by Crippen LogP contribution is -2.42. The first-order chi connectivity index (χ1) is 15.1. The minimum atomic E-state index is -0.312. The summed E-state index contributed by atoms with van der Waals surface area (Å²) in [4.78, 5) is 16.0. The molecule has 1 aliphatic heterocycles. The van der Waals surface area contributed by atoms with Crippen LogP contribution in [-0.2, 0) is 17.8 Å². The summed E-state index contributed by atoms with van der Waals surface area (Å²) in [6, 6.07) is 21.5. The fourth-order valence-electron chi connectivity index (χ4n) is 3.75. The summed E-state index contributed by atoms with van der Waals surface area (Å²) in [6.45, 7) is 0.355. The maximum absolute atomic E-state index is 12.9. The van der Waals surface area contributed by atoms with E-state index in [1.54, 1.807) is 18.9 Å². The molecule has 0 saturated carbocycles. The summed E-state index contributed by atoms with van der Waals surface area (Å²) in [5.74, 6) is 0.755. The number of rotatable bonds is 7. The Morgan fingerprint density at radius 1 is 1.10 bits per heavy atom. The molecule has 0 spiro atoms. The summed E-state index contributed by atoms with van der Waals surface area (Å²) in [6.07, 6.45) is 0.953. The van der Waals surface area contributed by atoms with Crippen molar-refractivity contribution in [2.24, 2.45) is 5.73 Å². The number of thioether (sulfide) groups is 1. The smallest absolute Gasteiger partial charge is 0.222 e. The summed E-state index contributed by atoms with van der Waals surface area (Å²) in [7, 11) is 1.64. The molecule has 0 aromatic heterocycles. The van der Waals surface area contributed by atoms with Crippen LogP contribution in [0.15, 0.2) is 71.6 Å². The van der Waals surface area contributed by atoms with Crippen LogP contribution < -0.4 is 20.7 Å². The van der Waals surface area contributed by atoms with Gasteiger partial charge in [-0.15, -0.1) is 0 Å². The minimum Gasteiger partial charge on any atom is -0.496 e. The summed E-state index contributed by atoms with van der Waals surface area (Å²) in [5, 5.41) is 3.78. The summed E-state index contributed by atoms with van der Waals surface area (Å²) >= 11 is 8.19. The SMILES string of the molecule is COc1ccccc1CCC(=O)NC1Sc2ccccc2N1c1c(Cl)cccc1CN. The van der Waals surface area contributed by atoms with Crippen LogP contribution in [-0.4, -0.2) is 18.5 Å². The first kappa shape index (κ1) is 21.6. The number of carbonyl (C=O) groups excluding carboxylic acids is 1. The lowest BCUT2D eigenvalue weighted by molar-refractivity contribution is -0.121. The Bertz CT molecular complexity index is 1090. The van der Waals surface area contributed by atoms with Gasteiger partial charge < -0.3 is 20.7 Å². The van der Waals surface area contributed by atoms with Gasteiger partial charge in [0, 0.05) is 17.9 Å². The second kappa shape index (κ2) is 9.64. The van der Waals surface area contributed by atoms with Crippen LogP contribution in [0.3, 0.4) is 0 Å². The topological polar surface area (TPSA) is 67.6 Å². The average Bonchev–Trinajstić information content (AvgIpc) is 3.15. The number of carbonyl (C=O) groups is 1. The largest absolute Gasteiger partial charge is 0.496 e. The lowest BCUT2D eigenvalue weighted by Gasteiger charge is -2.30. The van der Waals surface area contributed by atoms with Gasteiger partial charge >= 0.3 is 0 Å². The number of ether oxygens (including phenoxy) is 1. The summed E-state index contributed by atoms with van der Waals surface area (Å²) in [5.41, 5.74) is 9.47. The highest BCUT2D eigenvalue weighted by Gasteiger charge is 2.34. The van der Waals surface area contributed by atoms with Gasteiger partial charge in [0.2, 0.25) is 5.91 Å². The van der Waals surface area contributed by atoms with E-state index in [9.17, 15) is 4.79 Å². The molecule has 7 heteroatoms. The number of halogens is 1. The number of amides is 1. The highest BCUT2D eigenvalue weighted by Crippen LogP contribution is 2.49. The third-order valence-corrected chi connectivity index (χ3v) is 6.68. The molecule has 1 aliphatic rings.